The summed E-state index contributed by atoms with van der Waals surface area (Å²) in [5.74, 6) is 0.423. The molecule has 3 aromatic rings. The van der Waals surface area contributed by atoms with Gasteiger partial charge in [0.2, 0.25) is 11.8 Å². The molecule has 2 atom stereocenters. The fourth-order valence-corrected chi connectivity index (χ4v) is 5.95. The summed E-state index contributed by atoms with van der Waals surface area (Å²) >= 11 is 0. The summed E-state index contributed by atoms with van der Waals surface area (Å²) < 4.78 is 45.1. The lowest BCUT2D eigenvalue weighted by atomic mass is 10.1. The highest BCUT2D eigenvalue weighted by Gasteiger charge is 2.34. The van der Waals surface area contributed by atoms with Crippen molar-refractivity contribution >= 4 is 27.5 Å². The van der Waals surface area contributed by atoms with E-state index in [9.17, 15) is 18.0 Å². The largest absolute Gasteiger partial charge is 0.497 e. The molecule has 0 unspecified atom stereocenters. The number of rotatable bonds is 15. The summed E-state index contributed by atoms with van der Waals surface area (Å²) in [7, 11) is 0.173. The average molecular weight is 612 g/mol. The van der Waals surface area contributed by atoms with Crippen LogP contribution in [-0.4, -0.2) is 65.1 Å². The summed E-state index contributed by atoms with van der Waals surface area (Å²) in [4.78, 5) is 29.0. The fraction of sp³-hybridized carbons (Fsp3) is 0.375. The summed E-state index contributed by atoms with van der Waals surface area (Å²) in [5, 5.41) is 2.97. The number of para-hydroxylation sites is 1. The average Bonchev–Trinajstić information content (AvgIpc) is 3.03. The van der Waals surface area contributed by atoms with Crippen LogP contribution in [0.15, 0.2) is 77.7 Å². The Morgan fingerprint density at radius 2 is 1.49 bits per heavy atom. The Kier molecular flexibility index (Phi) is 11.8. The van der Waals surface area contributed by atoms with E-state index in [1.54, 1.807) is 49.6 Å². The van der Waals surface area contributed by atoms with Gasteiger partial charge < -0.3 is 24.4 Å². The van der Waals surface area contributed by atoms with E-state index in [0.29, 0.717) is 23.6 Å². The van der Waals surface area contributed by atoms with Gasteiger partial charge in [-0.25, -0.2) is 8.42 Å². The van der Waals surface area contributed by atoms with Crippen molar-refractivity contribution in [2.24, 2.45) is 0 Å². The van der Waals surface area contributed by atoms with Crippen molar-refractivity contribution in [2.45, 2.75) is 57.1 Å². The van der Waals surface area contributed by atoms with Crippen molar-refractivity contribution in [1.82, 2.24) is 10.2 Å². The maximum Gasteiger partial charge on any atom is 0.264 e. The van der Waals surface area contributed by atoms with E-state index >= 15 is 0 Å². The molecular weight excluding hydrogens is 570 g/mol. The first-order chi connectivity index (χ1) is 20.6. The monoisotopic (exact) mass is 611 g/mol. The van der Waals surface area contributed by atoms with Crippen LogP contribution in [0, 0.1) is 0 Å². The molecule has 10 nitrogen and oxygen atoms in total. The predicted octanol–water partition coefficient (Wildman–Crippen LogP) is 4.63. The number of methoxy groups -OCH3 is 3. The molecule has 0 spiro atoms. The standard InChI is InChI=1S/C32H41N3O7S/c1-7-23(3)33-32(37)28(8-2)34(21-24-14-16-26(40-4)17-15-24)31(36)22-35(25-12-10-9-11-13-25)43(38,39)27-18-19-29(41-5)30(20-27)42-6/h9-20,23,28H,7-8,21-22H2,1-6H3,(H,33,37)/t23-,28+/m0/s1. The first kappa shape index (κ1) is 33.3. The van der Waals surface area contributed by atoms with Gasteiger partial charge in [0.25, 0.3) is 10.0 Å². The highest BCUT2D eigenvalue weighted by atomic mass is 32.2. The Bertz CT molecular complexity index is 1460. The van der Waals surface area contributed by atoms with Gasteiger partial charge in [0.15, 0.2) is 11.5 Å². The van der Waals surface area contributed by atoms with Crippen LogP contribution in [0.1, 0.15) is 39.2 Å². The molecule has 0 aliphatic rings. The van der Waals surface area contributed by atoms with E-state index < -0.39 is 28.5 Å². The molecule has 0 aliphatic carbocycles. The zero-order valence-electron chi connectivity index (χ0n) is 25.6. The van der Waals surface area contributed by atoms with Crippen LogP contribution < -0.4 is 23.8 Å². The first-order valence-corrected chi connectivity index (χ1v) is 15.6. The molecule has 0 saturated heterocycles. The molecule has 0 saturated carbocycles. The molecule has 0 aromatic heterocycles. The van der Waals surface area contributed by atoms with E-state index in [1.807, 2.05) is 32.9 Å². The van der Waals surface area contributed by atoms with Gasteiger partial charge in [-0.15, -0.1) is 0 Å². The molecule has 3 rings (SSSR count). The van der Waals surface area contributed by atoms with Crippen molar-refractivity contribution < 1.29 is 32.2 Å². The second-order valence-electron chi connectivity index (χ2n) is 9.98. The third kappa shape index (κ3) is 8.19. The van der Waals surface area contributed by atoms with Crippen LogP contribution in [0.2, 0.25) is 0 Å². The summed E-state index contributed by atoms with van der Waals surface area (Å²) in [6, 6.07) is 18.9. The Labute approximate surface area is 254 Å². The molecule has 0 fully saturated rings. The molecule has 232 valence electrons. The van der Waals surface area contributed by atoms with E-state index in [0.717, 1.165) is 16.3 Å². The molecule has 2 amide bonds. The number of sulfonamides is 1. The van der Waals surface area contributed by atoms with Crippen LogP contribution in [0.3, 0.4) is 0 Å². The summed E-state index contributed by atoms with van der Waals surface area (Å²) in [5.41, 5.74) is 1.06. The van der Waals surface area contributed by atoms with E-state index in [2.05, 4.69) is 5.32 Å². The first-order valence-electron chi connectivity index (χ1n) is 14.1. The highest BCUT2D eigenvalue weighted by molar-refractivity contribution is 7.92. The lowest BCUT2D eigenvalue weighted by Crippen LogP contribution is -2.53. The number of carbonyl (C=O) groups excluding carboxylic acids is 2. The van der Waals surface area contributed by atoms with Gasteiger partial charge in [-0.2, -0.15) is 0 Å². The number of anilines is 1. The smallest absolute Gasteiger partial charge is 0.264 e. The molecule has 0 heterocycles. The Balaban J connectivity index is 2.07. The molecular formula is C32H41N3O7S. The van der Waals surface area contributed by atoms with Gasteiger partial charge in [-0.3, -0.25) is 13.9 Å². The molecule has 0 bridgehead atoms. The van der Waals surface area contributed by atoms with Crippen molar-refractivity contribution in [3.63, 3.8) is 0 Å². The minimum atomic E-state index is -4.26. The lowest BCUT2D eigenvalue weighted by Gasteiger charge is -2.33. The van der Waals surface area contributed by atoms with Crippen molar-refractivity contribution in [2.75, 3.05) is 32.2 Å². The quantitative estimate of drug-likeness (QED) is 0.267. The summed E-state index contributed by atoms with van der Waals surface area (Å²) in [6.45, 7) is 5.23. The van der Waals surface area contributed by atoms with Gasteiger partial charge in [0.1, 0.15) is 18.3 Å². The second-order valence-corrected chi connectivity index (χ2v) is 11.8. The molecule has 0 radical (unpaired) electrons. The van der Waals surface area contributed by atoms with Crippen LogP contribution in [-0.2, 0) is 26.2 Å². The molecule has 43 heavy (non-hydrogen) atoms. The Hall–Kier alpha value is -4.25. The SMILES string of the molecule is CC[C@H](C(=O)N[C@@H](C)CC)N(Cc1ccc(OC)cc1)C(=O)CN(c1ccccc1)S(=O)(=O)c1ccc(OC)c(OC)c1. The van der Waals surface area contributed by atoms with Crippen molar-refractivity contribution in [3.05, 3.63) is 78.4 Å². The van der Waals surface area contributed by atoms with Crippen molar-refractivity contribution in [1.29, 1.82) is 0 Å². The number of hydrogen-bond donors (Lipinski definition) is 1. The minimum absolute atomic E-state index is 0.0786. The topological polar surface area (TPSA) is 114 Å². The normalized spacial score (nSPS) is 12.5. The van der Waals surface area contributed by atoms with Crippen LogP contribution in [0.4, 0.5) is 5.69 Å². The Morgan fingerprint density at radius 3 is 2.05 bits per heavy atom. The zero-order chi connectivity index (χ0) is 31.6. The Morgan fingerprint density at radius 1 is 0.837 bits per heavy atom. The van der Waals surface area contributed by atoms with Gasteiger partial charge >= 0.3 is 0 Å². The number of amides is 2. The fourth-order valence-electron chi connectivity index (χ4n) is 4.52. The number of hydrogen-bond acceptors (Lipinski definition) is 7. The molecule has 3 aromatic carbocycles. The van der Waals surface area contributed by atoms with Gasteiger partial charge in [0, 0.05) is 18.7 Å². The van der Waals surface area contributed by atoms with E-state index in [4.69, 9.17) is 14.2 Å². The number of nitrogens with zero attached hydrogens (tertiary/aromatic N) is 2. The summed E-state index contributed by atoms with van der Waals surface area (Å²) in [6.07, 6.45) is 1.05. The number of ether oxygens (including phenoxy) is 3. The maximum absolute atomic E-state index is 14.2. The zero-order valence-corrected chi connectivity index (χ0v) is 26.4. The third-order valence-electron chi connectivity index (χ3n) is 7.16. The van der Waals surface area contributed by atoms with Gasteiger partial charge in [0.05, 0.1) is 31.9 Å². The van der Waals surface area contributed by atoms with Gasteiger partial charge in [-0.1, -0.05) is 44.2 Å². The maximum atomic E-state index is 14.2. The molecule has 0 aliphatic heterocycles. The van der Waals surface area contributed by atoms with Crippen molar-refractivity contribution in [3.8, 4) is 17.2 Å². The number of carbonyl (C=O) groups is 2. The van der Waals surface area contributed by atoms with Crippen LogP contribution in [0.5, 0.6) is 17.2 Å². The number of nitrogens with one attached hydrogen (secondary N) is 1. The second kappa shape index (κ2) is 15.3. The lowest BCUT2D eigenvalue weighted by molar-refractivity contribution is -0.140. The van der Waals surface area contributed by atoms with Gasteiger partial charge in [-0.05, 0) is 61.7 Å². The third-order valence-corrected chi connectivity index (χ3v) is 8.93. The van der Waals surface area contributed by atoms with Crippen LogP contribution >= 0.6 is 0 Å². The molecule has 11 heteroatoms. The van der Waals surface area contributed by atoms with Crippen LogP contribution in [0.25, 0.3) is 0 Å². The minimum Gasteiger partial charge on any atom is -0.497 e. The van der Waals surface area contributed by atoms with E-state index in [-0.39, 0.29) is 29.1 Å². The number of benzene rings is 3. The van der Waals surface area contributed by atoms with E-state index in [1.165, 1.54) is 37.3 Å². The molecule has 1 N–H and O–H groups in total. The predicted molar refractivity (Wildman–Crippen MR) is 166 cm³/mol. The highest BCUT2D eigenvalue weighted by Crippen LogP contribution is 2.32.